The number of halogens is 2. The number of furan rings is 1. The Morgan fingerprint density at radius 2 is 1.89 bits per heavy atom. The van der Waals surface area contributed by atoms with Gasteiger partial charge in [0.05, 0.1) is 16.3 Å². The number of ether oxygens (including phenoxy) is 1. The molecule has 1 heterocycles. The highest BCUT2D eigenvalue weighted by atomic mass is 35.5. The highest BCUT2D eigenvalue weighted by Gasteiger charge is 2.10. The Balaban J connectivity index is 1.55. The zero-order chi connectivity index (χ0) is 20.1. The molecule has 0 atom stereocenters. The number of amides is 1. The molecule has 1 aromatic heterocycles. The fraction of sp³-hybridized carbons (Fsp3) is 0.143. The van der Waals surface area contributed by atoms with Gasteiger partial charge in [-0.3, -0.25) is 4.79 Å². The smallest absolute Gasteiger partial charge is 0.277 e. The lowest BCUT2D eigenvalue weighted by molar-refractivity contribution is -0.123. The van der Waals surface area contributed by atoms with Gasteiger partial charge >= 0.3 is 0 Å². The highest BCUT2D eigenvalue weighted by molar-refractivity contribution is 6.43. The molecule has 0 aliphatic rings. The number of nitrogens with one attached hydrogen (secondary N) is 1. The van der Waals surface area contributed by atoms with Crippen LogP contribution >= 0.6 is 23.2 Å². The topological polar surface area (TPSA) is 63.8 Å². The molecule has 0 fully saturated rings. The molecule has 0 bridgehead atoms. The molecule has 3 aromatic rings. The first-order valence-electron chi connectivity index (χ1n) is 8.49. The van der Waals surface area contributed by atoms with Crippen molar-refractivity contribution in [3.63, 3.8) is 0 Å². The average Bonchev–Trinajstić information content (AvgIpc) is 3.10. The van der Waals surface area contributed by atoms with Crippen LogP contribution in [0.2, 0.25) is 10.0 Å². The molecular weight excluding hydrogens is 399 g/mol. The van der Waals surface area contributed by atoms with Crippen molar-refractivity contribution in [2.45, 2.75) is 13.8 Å². The molecule has 5 nitrogen and oxygen atoms in total. The van der Waals surface area contributed by atoms with Crippen molar-refractivity contribution >= 4 is 35.3 Å². The molecule has 7 heteroatoms. The van der Waals surface area contributed by atoms with Crippen LogP contribution in [0.1, 0.15) is 16.9 Å². The first kappa shape index (κ1) is 20.0. The Bertz CT molecular complexity index is 1010. The van der Waals surface area contributed by atoms with Crippen molar-refractivity contribution in [2.75, 3.05) is 6.61 Å². The van der Waals surface area contributed by atoms with E-state index in [1.165, 1.54) is 6.21 Å². The first-order valence-corrected chi connectivity index (χ1v) is 9.25. The van der Waals surface area contributed by atoms with Crippen LogP contribution in [0.5, 0.6) is 5.75 Å². The summed E-state index contributed by atoms with van der Waals surface area (Å²) in [6.07, 6.45) is 1.40. The van der Waals surface area contributed by atoms with Crippen molar-refractivity contribution in [1.82, 2.24) is 5.43 Å². The van der Waals surface area contributed by atoms with Gasteiger partial charge in [-0.2, -0.15) is 5.10 Å². The van der Waals surface area contributed by atoms with Gasteiger partial charge in [-0.05, 0) is 61.4 Å². The Morgan fingerprint density at radius 3 is 2.64 bits per heavy atom. The van der Waals surface area contributed by atoms with Crippen LogP contribution in [0, 0.1) is 13.8 Å². The number of nitrogens with zero attached hydrogens (tertiary/aromatic N) is 1. The third-order valence-electron chi connectivity index (χ3n) is 3.79. The number of hydrogen-bond donors (Lipinski definition) is 1. The van der Waals surface area contributed by atoms with Crippen LogP contribution in [0.15, 0.2) is 58.0 Å². The molecule has 0 saturated carbocycles. The molecule has 1 amide bonds. The van der Waals surface area contributed by atoms with Gasteiger partial charge in [-0.25, -0.2) is 5.43 Å². The fourth-order valence-electron chi connectivity index (χ4n) is 2.63. The summed E-state index contributed by atoms with van der Waals surface area (Å²) in [5.74, 6) is 1.28. The summed E-state index contributed by atoms with van der Waals surface area (Å²) in [6.45, 7) is 3.80. The average molecular weight is 417 g/mol. The van der Waals surface area contributed by atoms with Gasteiger partial charge in [-0.1, -0.05) is 35.3 Å². The minimum atomic E-state index is -0.375. The maximum Gasteiger partial charge on any atom is 0.277 e. The van der Waals surface area contributed by atoms with Gasteiger partial charge in [0, 0.05) is 5.56 Å². The number of hydrogen-bond acceptors (Lipinski definition) is 4. The van der Waals surface area contributed by atoms with Gasteiger partial charge < -0.3 is 9.15 Å². The highest BCUT2D eigenvalue weighted by Crippen LogP contribution is 2.34. The Labute approximate surface area is 172 Å². The lowest BCUT2D eigenvalue weighted by atomic mass is 10.1. The molecule has 3 rings (SSSR count). The van der Waals surface area contributed by atoms with Gasteiger partial charge in [0.25, 0.3) is 5.91 Å². The Morgan fingerprint density at radius 1 is 1.14 bits per heavy atom. The van der Waals surface area contributed by atoms with E-state index in [9.17, 15) is 4.79 Å². The van der Waals surface area contributed by atoms with E-state index in [1.54, 1.807) is 30.3 Å². The zero-order valence-corrected chi connectivity index (χ0v) is 16.8. The summed E-state index contributed by atoms with van der Waals surface area (Å²) in [5.41, 5.74) is 5.22. The number of benzene rings is 2. The first-order chi connectivity index (χ1) is 13.4. The fourth-order valence-corrected chi connectivity index (χ4v) is 3.02. The maximum absolute atomic E-state index is 11.9. The zero-order valence-electron chi connectivity index (χ0n) is 15.3. The molecule has 0 radical (unpaired) electrons. The van der Waals surface area contributed by atoms with Crippen molar-refractivity contribution < 1.29 is 13.9 Å². The van der Waals surface area contributed by atoms with Crippen LogP contribution in [0.3, 0.4) is 0 Å². The number of carbonyl (C=O) groups is 1. The van der Waals surface area contributed by atoms with Crippen LogP contribution in [-0.4, -0.2) is 18.7 Å². The predicted molar refractivity (Wildman–Crippen MR) is 111 cm³/mol. The van der Waals surface area contributed by atoms with Crippen LogP contribution < -0.4 is 10.2 Å². The van der Waals surface area contributed by atoms with Crippen LogP contribution in [0.25, 0.3) is 11.3 Å². The number of hydrazone groups is 1. The Kier molecular flexibility index (Phi) is 6.39. The van der Waals surface area contributed by atoms with E-state index in [-0.39, 0.29) is 12.5 Å². The lowest BCUT2D eigenvalue weighted by Gasteiger charge is -2.07. The van der Waals surface area contributed by atoms with Crippen LogP contribution in [0.4, 0.5) is 0 Å². The quantitative estimate of drug-likeness (QED) is 0.432. The maximum atomic E-state index is 11.9. The molecule has 2 aromatic carbocycles. The number of aryl methyl sites for hydroxylation is 2. The third kappa shape index (κ3) is 5.15. The molecule has 0 aliphatic heterocycles. The lowest BCUT2D eigenvalue weighted by Crippen LogP contribution is -2.24. The van der Waals surface area contributed by atoms with Gasteiger partial charge in [0.2, 0.25) is 0 Å². The molecule has 0 unspecified atom stereocenters. The minimum absolute atomic E-state index is 0.137. The van der Waals surface area contributed by atoms with E-state index in [4.69, 9.17) is 32.4 Å². The van der Waals surface area contributed by atoms with Crippen molar-refractivity contribution in [3.8, 4) is 17.1 Å². The Hall–Kier alpha value is -2.76. The standard InChI is InChI=1S/C21H18Cl2N2O3/c1-13-8-14(2)10-16(9-13)27-12-20(26)25-24-11-15-6-7-19(28-15)17-4-3-5-18(22)21(17)23/h3-11H,12H2,1-2H3,(H,25,26)/b24-11-. The van der Waals surface area contributed by atoms with Crippen LogP contribution in [-0.2, 0) is 4.79 Å². The van der Waals surface area contributed by atoms with E-state index in [0.717, 1.165) is 11.1 Å². The minimum Gasteiger partial charge on any atom is -0.484 e. The number of carbonyl (C=O) groups excluding carboxylic acids is 1. The normalized spacial score (nSPS) is 11.0. The summed E-state index contributed by atoms with van der Waals surface area (Å²) < 4.78 is 11.2. The molecule has 144 valence electrons. The molecule has 0 aliphatic carbocycles. The second kappa shape index (κ2) is 8.95. The van der Waals surface area contributed by atoms with E-state index >= 15 is 0 Å². The van der Waals surface area contributed by atoms with Gasteiger partial charge in [-0.15, -0.1) is 0 Å². The second-order valence-electron chi connectivity index (χ2n) is 6.21. The van der Waals surface area contributed by atoms with E-state index in [1.807, 2.05) is 32.0 Å². The predicted octanol–water partition coefficient (Wildman–Crippen LogP) is 5.40. The summed E-state index contributed by atoms with van der Waals surface area (Å²) in [5, 5.41) is 4.74. The van der Waals surface area contributed by atoms with Gasteiger partial charge in [0.1, 0.15) is 17.3 Å². The number of rotatable bonds is 6. The molecule has 0 spiro atoms. The molecule has 0 saturated heterocycles. The summed E-state index contributed by atoms with van der Waals surface area (Å²) >= 11 is 12.2. The summed E-state index contributed by atoms with van der Waals surface area (Å²) in [7, 11) is 0. The summed E-state index contributed by atoms with van der Waals surface area (Å²) in [4.78, 5) is 11.9. The van der Waals surface area contributed by atoms with Gasteiger partial charge in [0.15, 0.2) is 6.61 Å². The molecule has 28 heavy (non-hydrogen) atoms. The van der Waals surface area contributed by atoms with Crippen molar-refractivity contribution in [1.29, 1.82) is 0 Å². The largest absolute Gasteiger partial charge is 0.484 e. The molecule has 1 N–H and O–H groups in total. The van der Waals surface area contributed by atoms with Crippen molar-refractivity contribution in [2.24, 2.45) is 5.10 Å². The molecular formula is C21H18Cl2N2O3. The van der Waals surface area contributed by atoms with Crippen molar-refractivity contribution in [3.05, 3.63) is 75.5 Å². The third-order valence-corrected chi connectivity index (χ3v) is 4.61. The van der Waals surface area contributed by atoms with E-state index in [2.05, 4.69) is 10.5 Å². The SMILES string of the molecule is Cc1cc(C)cc(OCC(=O)N/N=C\c2ccc(-c3cccc(Cl)c3Cl)o2)c1. The van der Waals surface area contributed by atoms with E-state index < -0.39 is 0 Å². The second-order valence-corrected chi connectivity index (χ2v) is 6.99. The van der Waals surface area contributed by atoms with E-state index in [0.29, 0.717) is 32.9 Å². The monoisotopic (exact) mass is 416 g/mol. The summed E-state index contributed by atoms with van der Waals surface area (Å²) in [6, 6.07) is 14.5.